The highest BCUT2D eigenvalue weighted by atomic mass is 32.2. The van der Waals surface area contributed by atoms with Crippen molar-refractivity contribution >= 4 is 26.8 Å². The first-order chi connectivity index (χ1) is 12.7. The molecule has 1 heterocycles. The van der Waals surface area contributed by atoms with Crippen LogP contribution in [-0.4, -0.2) is 29.2 Å². The van der Waals surface area contributed by atoms with Gasteiger partial charge < -0.3 is 5.32 Å². The Morgan fingerprint density at radius 3 is 2.33 bits per heavy atom. The van der Waals surface area contributed by atoms with E-state index in [1.165, 1.54) is 21.3 Å². The first-order valence-corrected chi connectivity index (χ1v) is 10.1. The van der Waals surface area contributed by atoms with E-state index in [9.17, 15) is 18.0 Å². The Hall–Kier alpha value is -2.87. The molecule has 3 aromatic rings. The van der Waals surface area contributed by atoms with Crippen molar-refractivity contribution in [3.05, 3.63) is 64.6 Å². The van der Waals surface area contributed by atoms with Gasteiger partial charge in [0.15, 0.2) is 9.84 Å². The summed E-state index contributed by atoms with van der Waals surface area (Å²) < 4.78 is 28.1. The van der Waals surface area contributed by atoms with Crippen LogP contribution in [0.1, 0.15) is 18.5 Å². The molecule has 0 radical (unpaired) electrons. The number of nitrogens with zero attached hydrogens (tertiary/aromatic N) is 2. The van der Waals surface area contributed by atoms with Gasteiger partial charge in [-0.25, -0.2) is 13.2 Å². The van der Waals surface area contributed by atoms with E-state index in [1.54, 1.807) is 27.1 Å². The van der Waals surface area contributed by atoms with Crippen molar-refractivity contribution < 1.29 is 13.2 Å². The van der Waals surface area contributed by atoms with Gasteiger partial charge in [0.25, 0.3) is 0 Å². The summed E-state index contributed by atoms with van der Waals surface area (Å²) in [5.74, 6) is -1.23. The van der Waals surface area contributed by atoms with Crippen LogP contribution >= 0.6 is 0 Å². The summed E-state index contributed by atoms with van der Waals surface area (Å²) >= 11 is 0. The van der Waals surface area contributed by atoms with Crippen molar-refractivity contribution in [3.63, 3.8) is 0 Å². The van der Waals surface area contributed by atoms with Gasteiger partial charge in [-0.05, 0) is 30.7 Å². The van der Waals surface area contributed by atoms with Crippen molar-refractivity contribution in [2.45, 2.75) is 17.9 Å². The highest BCUT2D eigenvalue weighted by Crippen LogP contribution is 2.19. The lowest BCUT2D eigenvalue weighted by Crippen LogP contribution is -2.32. The van der Waals surface area contributed by atoms with Crippen molar-refractivity contribution in [1.82, 2.24) is 14.5 Å². The monoisotopic (exact) mass is 387 g/mol. The van der Waals surface area contributed by atoms with Gasteiger partial charge in [-0.2, -0.15) is 0 Å². The Morgan fingerprint density at radius 1 is 1.04 bits per heavy atom. The zero-order valence-corrected chi connectivity index (χ0v) is 16.2. The van der Waals surface area contributed by atoms with Crippen LogP contribution in [0.5, 0.6) is 0 Å². The summed E-state index contributed by atoms with van der Waals surface area (Å²) in [5.41, 5.74) is 1.78. The van der Waals surface area contributed by atoms with E-state index in [0.29, 0.717) is 11.0 Å². The Kier molecular flexibility index (Phi) is 4.93. The van der Waals surface area contributed by atoms with E-state index < -0.39 is 21.5 Å². The standard InChI is InChI=1S/C19H21N3O4S/c1-13(14-7-5-4-6-8-14)20-18(23)12-27(25,26)15-9-10-16-17(11-15)22(3)19(24)21(16)2/h4-11,13H,12H2,1-3H3,(H,20,23)/t13-/m1/s1. The predicted octanol–water partition coefficient (Wildman–Crippen LogP) is 1.53. The number of rotatable bonds is 5. The van der Waals surface area contributed by atoms with Gasteiger partial charge in [0.1, 0.15) is 5.75 Å². The van der Waals surface area contributed by atoms with Gasteiger partial charge in [-0.3, -0.25) is 13.9 Å². The van der Waals surface area contributed by atoms with Crippen molar-refractivity contribution in [2.75, 3.05) is 5.75 Å². The maximum Gasteiger partial charge on any atom is 0.328 e. The van der Waals surface area contributed by atoms with E-state index in [0.717, 1.165) is 5.56 Å². The second-order valence-corrected chi connectivity index (χ2v) is 8.50. The van der Waals surface area contributed by atoms with Crippen LogP contribution in [0.3, 0.4) is 0 Å². The number of fused-ring (bicyclic) bond motifs is 1. The molecule has 0 aliphatic rings. The third kappa shape index (κ3) is 3.66. The smallest absolute Gasteiger partial charge is 0.328 e. The summed E-state index contributed by atoms with van der Waals surface area (Å²) in [6.07, 6.45) is 0. The van der Waals surface area contributed by atoms with E-state index in [2.05, 4.69) is 5.32 Å². The van der Waals surface area contributed by atoms with E-state index >= 15 is 0 Å². The average Bonchev–Trinajstić information content (AvgIpc) is 2.86. The van der Waals surface area contributed by atoms with Gasteiger partial charge in [-0.15, -0.1) is 0 Å². The van der Waals surface area contributed by atoms with Gasteiger partial charge in [0.2, 0.25) is 5.91 Å². The number of hydrogen-bond donors (Lipinski definition) is 1. The zero-order valence-electron chi connectivity index (χ0n) is 15.3. The molecule has 0 saturated heterocycles. The molecule has 0 bridgehead atoms. The summed E-state index contributed by atoms with van der Waals surface area (Å²) in [6.45, 7) is 1.80. The molecule has 0 aliphatic heterocycles. The van der Waals surface area contributed by atoms with E-state index in [-0.39, 0.29) is 16.6 Å². The Morgan fingerprint density at radius 2 is 1.67 bits per heavy atom. The summed E-state index contributed by atoms with van der Waals surface area (Å²) in [5, 5.41) is 2.71. The molecule has 0 aliphatic carbocycles. The normalized spacial score (nSPS) is 12.9. The second kappa shape index (κ2) is 7.03. The van der Waals surface area contributed by atoms with Crippen LogP contribution in [0.4, 0.5) is 0 Å². The lowest BCUT2D eigenvalue weighted by molar-refractivity contribution is -0.119. The molecule has 142 valence electrons. The minimum atomic E-state index is -3.84. The molecule has 1 N–H and O–H groups in total. The topological polar surface area (TPSA) is 90.2 Å². The summed E-state index contributed by atoms with van der Waals surface area (Å²) in [4.78, 5) is 24.3. The number of hydrogen-bond acceptors (Lipinski definition) is 4. The molecule has 1 atom stereocenters. The highest BCUT2D eigenvalue weighted by molar-refractivity contribution is 7.92. The number of amides is 1. The van der Waals surface area contributed by atoms with Crippen LogP contribution < -0.4 is 11.0 Å². The third-order valence-corrected chi connectivity index (χ3v) is 6.22. The molecule has 7 nitrogen and oxygen atoms in total. The fraction of sp³-hybridized carbons (Fsp3) is 0.263. The molecule has 8 heteroatoms. The van der Waals surface area contributed by atoms with Crippen LogP contribution in [0.15, 0.2) is 58.2 Å². The molecule has 27 heavy (non-hydrogen) atoms. The summed E-state index contributed by atoms with van der Waals surface area (Å²) in [7, 11) is -0.635. The zero-order chi connectivity index (χ0) is 19.8. The van der Waals surface area contributed by atoms with E-state index in [1.807, 2.05) is 30.3 Å². The van der Waals surface area contributed by atoms with Gasteiger partial charge in [0.05, 0.1) is 22.0 Å². The number of benzene rings is 2. The highest BCUT2D eigenvalue weighted by Gasteiger charge is 2.22. The van der Waals surface area contributed by atoms with E-state index in [4.69, 9.17) is 0 Å². The second-order valence-electron chi connectivity index (χ2n) is 6.51. The number of carbonyl (C=O) groups is 1. The predicted molar refractivity (Wildman–Crippen MR) is 103 cm³/mol. The largest absolute Gasteiger partial charge is 0.349 e. The molecule has 0 saturated carbocycles. The molecular weight excluding hydrogens is 366 g/mol. The molecule has 1 aromatic heterocycles. The van der Waals surface area contributed by atoms with Gasteiger partial charge in [-0.1, -0.05) is 30.3 Å². The number of sulfone groups is 1. The Balaban J connectivity index is 1.82. The van der Waals surface area contributed by atoms with Gasteiger partial charge >= 0.3 is 5.69 Å². The Labute approximate surface area is 157 Å². The van der Waals surface area contributed by atoms with Crippen LogP contribution in [-0.2, 0) is 28.7 Å². The van der Waals surface area contributed by atoms with Crippen molar-refractivity contribution in [3.8, 4) is 0 Å². The van der Waals surface area contributed by atoms with Crippen LogP contribution in [0, 0.1) is 0 Å². The maximum absolute atomic E-state index is 12.7. The quantitative estimate of drug-likeness (QED) is 0.719. The lowest BCUT2D eigenvalue weighted by atomic mass is 10.1. The van der Waals surface area contributed by atoms with Crippen LogP contribution in [0.2, 0.25) is 0 Å². The van der Waals surface area contributed by atoms with Crippen molar-refractivity contribution in [2.24, 2.45) is 14.1 Å². The molecule has 3 rings (SSSR count). The average molecular weight is 387 g/mol. The molecule has 0 unspecified atom stereocenters. The first-order valence-electron chi connectivity index (χ1n) is 8.43. The third-order valence-electron chi connectivity index (χ3n) is 4.60. The fourth-order valence-electron chi connectivity index (χ4n) is 3.04. The number of carbonyl (C=O) groups excluding carboxylic acids is 1. The van der Waals surface area contributed by atoms with Crippen molar-refractivity contribution in [1.29, 1.82) is 0 Å². The van der Waals surface area contributed by atoms with Gasteiger partial charge in [0, 0.05) is 14.1 Å². The van der Waals surface area contributed by atoms with Crippen LogP contribution in [0.25, 0.3) is 11.0 Å². The molecule has 0 fully saturated rings. The summed E-state index contributed by atoms with van der Waals surface area (Å²) in [6, 6.07) is 13.4. The molecular formula is C19H21N3O4S. The Bertz CT molecular complexity index is 1160. The number of aromatic nitrogens is 2. The fourth-order valence-corrected chi connectivity index (χ4v) is 4.21. The minimum Gasteiger partial charge on any atom is -0.349 e. The number of aryl methyl sites for hydroxylation is 2. The molecule has 1 amide bonds. The number of nitrogens with one attached hydrogen (secondary N) is 1. The molecule has 0 spiro atoms. The number of imidazole rings is 1. The first kappa shape index (κ1) is 18.9. The SMILES string of the molecule is C[C@@H](NC(=O)CS(=O)(=O)c1ccc2c(c1)n(C)c(=O)n2C)c1ccccc1. The lowest BCUT2D eigenvalue weighted by Gasteiger charge is -2.14. The minimum absolute atomic E-state index is 0.0127. The molecule has 2 aromatic carbocycles. The maximum atomic E-state index is 12.7.